The van der Waals surface area contributed by atoms with Gasteiger partial charge in [0.1, 0.15) is 0 Å². The van der Waals surface area contributed by atoms with Crippen molar-refractivity contribution < 1.29 is 4.79 Å². The van der Waals surface area contributed by atoms with Gasteiger partial charge >= 0.3 is 0 Å². The first-order valence-corrected chi connectivity index (χ1v) is 6.25. The fourth-order valence-electron chi connectivity index (χ4n) is 1.87. The summed E-state index contributed by atoms with van der Waals surface area (Å²) in [4.78, 5) is 15.7. The van der Waals surface area contributed by atoms with Crippen molar-refractivity contribution >= 4 is 16.9 Å². The lowest BCUT2D eigenvalue weighted by Gasteiger charge is -2.07. The molecule has 0 aliphatic heterocycles. The van der Waals surface area contributed by atoms with E-state index in [9.17, 15) is 4.79 Å². The van der Waals surface area contributed by atoms with Gasteiger partial charge in [0.05, 0.1) is 17.4 Å². The van der Waals surface area contributed by atoms with Crippen LogP contribution in [0, 0.1) is 5.92 Å². The highest BCUT2D eigenvalue weighted by Gasteiger charge is 2.06. The van der Waals surface area contributed by atoms with Crippen molar-refractivity contribution in [2.45, 2.75) is 20.3 Å². The lowest BCUT2D eigenvalue weighted by Crippen LogP contribution is -2.29. The average Bonchev–Trinajstić information content (AvgIpc) is 2.70. The third kappa shape index (κ3) is 2.70. The van der Waals surface area contributed by atoms with E-state index in [-0.39, 0.29) is 11.8 Å². The van der Waals surface area contributed by atoms with Gasteiger partial charge in [-0.3, -0.25) is 4.79 Å². The number of nitrogens with zero attached hydrogens (tertiary/aromatic N) is 2. The van der Waals surface area contributed by atoms with Crippen LogP contribution in [0.5, 0.6) is 0 Å². The largest absolute Gasteiger partial charge is 0.356 e. The van der Waals surface area contributed by atoms with Gasteiger partial charge in [0, 0.05) is 19.5 Å². The second-order valence-electron chi connectivity index (χ2n) is 4.87. The zero-order valence-corrected chi connectivity index (χ0v) is 11.1. The van der Waals surface area contributed by atoms with Crippen molar-refractivity contribution in [1.29, 1.82) is 0 Å². The summed E-state index contributed by atoms with van der Waals surface area (Å²) in [6.07, 6.45) is 2.65. The Hall–Kier alpha value is -1.84. The minimum absolute atomic E-state index is 0.0447. The number of carbonyl (C=O) groups is 1. The molecular weight excluding hydrogens is 226 g/mol. The van der Waals surface area contributed by atoms with Crippen molar-refractivity contribution in [3.05, 3.63) is 30.1 Å². The molecule has 0 saturated heterocycles. The molecule has 2 rings (SSSR count). The van der Waals surface area contributed by atoms with Gasteiger partial charge in [-0.05, 0) is 24.1 Å². The predicted octanol–water partition coefficient (Wildman–Crippen LogP) is 1.89. The Morgan fingerprint density at radius 3 is 2.94 bits per heavy atom. The third-order valence-electron chi connectivity index (χ3n) is 3.03. The molecule has 0 saturated carbocycles. The summed E-state index contributed by atoms with van der Waals surface area (Å²) in [6.45, 7) is 4.47. The van der Waals surface area contributed by atoms with Gasteiger partial charge in [-0.1, -0.05) is 19.9 Å². The Kier molecular flexibility index (Phi) is 3.65. The maximum atomic E-state index is 11.4. The topological polar surface area (TPSA) is 46.9 Å². The molecule has 1 aromatic heterocycles. The fourth-order valence-corrected chi connectivity index (χ4v) is 1.87. The summed E-state index contributed by atoms with van der Waals surface area (Å²) < 4.78 is 2.00. The normalized spacial score (nSPS) is 11.1. The van der Waals surface area contributed by atoms with Crippen LogP contribution in [0.1, 0.15) is 19.4 Å². The quantitative estimate of drug-likeness (QED) is 0.894. The zero-order chi connectivity index (χ0) is 13.1. The molecule has 0 unspecified atom stereocenters. The smallest absolute Gasteiger partial charge is 0.222 e. The second kappa shape index (κ2) is 5.21. The molecule has 0 fully saturated rings. The van der Waals surface area contributed by atoms with Crippen LogP contribution in [0.3, 0.4) is 0 Å². The molecule has 4 nitrogen and oxygen atoms in total. The Labute approximate surface area is 107 Å². The van der Waals surface area contributed by atoms with E-state index in [0.29, 0.717) is 6.54 Å². The van der Waals surface area contributed by atoms with Crippen LogP contribution in [0.15, 0.2) is 24.5 Å². The summed E-state index contributed by atoms with van der Waals surface area (Å²) in [6, 6.07) is 6.24. The molecule has 1 amide bonds. The Morgan fingerprint density at radius 1 is 1.44 bits per heavy atom. The zero-order valence-electron chi connectivity index (χ0n) is 11.1. The number of hydrogen-bond acceptors (Lipinski definition) is 2. The van der Waals surface area contributed by atoms with E-state index in [1.165, 1.54) is 5.56 Å². The number of nitrogens with one attached hydrogen (secondary N) is 1. The summed E-state index contributed by atoms with van der Waals surface area (Å²) in [5.41, 5.74) is 3.33. The van der Waals surface area contributed by atoms with Crippen LogP contribution >= 0.6 is 0 Å². The first kappa shape index (κ1) is 12.6. The number of amides is 1. The van der Waals surface area contributed by atoms with Crippen LogP contribution < -0.4 is 5.32 Å². The fraction of sp³-hybridized carbons (Fsp3) is 0.429. The Bertz CT molecular complexity index is 557. The lowest BCUT2D eigenvalue weighted by atomic mass is 10.1. The summed E-state index contributed by atoms with van der Waals surface area (Å²) in [5.74, 6) is 0.150. The van der Waals surface area contributed by atoms with Crippen LogP contribution in [0.25, 0.3) is 11.0 Å². The van der Waals surface area contributed by atoms with Crippen LogP contribution in [-0.4, -0.2) is 22.0 Å². The van der Waals surface area contributed by atoms with E-state index in [0.717, 1.165) is 17.5 Å². The minimum Gasteiger partial charge on any atom is -0.356 e. The third-order valence-corrected chi connectivity index (χ3v) is 3.03. The second-order valence-corrected chi connectivity index (χ2v) is 4.87. The molecule has 2 aromatic rings. The molecule has 1 aromatic carbocycles. The lowest BCUT2D eigenvalue weighted by molar-refractivity contribution is -0.123. The van der Waals surface area contributed by atoms with Gasteiger partial charge in [-0.15, -0.1) is 0 Å². The molecule has 0 bridgehead atoms. The summed E-state index contributed by atoms with van der Waals surface area (Å²) in [7, 11) is 1.98. The molecule has 18 heavy (non-hydrogen) atoms. The van der Waals surface area contributed by atoms with Crippen LogP contribution in [0.4, 0.5) is 0 Å². The highest BCUT2D eigenvalue weighted by molar-refractivity contribution is 5.78. The van der Waals surface area contributed by atoms with Gasteiger partial charge in [0.15, 0.2) is 0 Å². The highest BCUT2D eigenvalue weighted by Crippen LogP contribution is 2.13. The minimum atomic E-state index is 0.0447. The molecule has 1 N–H and O–H groups in total. The van der Waals surface area contributed by atoms with Crippen LogP contribution in [-0.2, 0) is 18.3 Å². The summed E-state index contributed by atoms with van der Waals surface area (Å²) in [5, 5.41) is 2.92. The number of hydrogen-bond donors (Lipinski definition) is 1. The molecule has 0 spiro atoms. The molecular formula is C14H19N3O. The van der Waals surface area contributed by atoms with Crippen molar-refractivity contribution in [3.63, 3.8) is 0 Å². The maximum Gasteiger partial charge on any atom is 0.222 e. The standard InChI is InChI=1S/C14H19N3O/c1-10(2)14(18)15-7-6-11-4-5-13-12(8-11)16-9-17(13)3/h4-5,8-10H,6-7H2,1-3H3,(H,15,18). The number of rotatable bonds is 4. The monoisotopic (exact) mass is 245 g/mol. The first-order valence-electron chi connectivity index (χ1n) is 6.25. The number of aromatic nitrogens is 2. The van der Waals surface area contributed by atoms with E-state index < -0.39 is 0 Å². The molecule has 0 atom stereocenters. The van der Waals surface area contributed by atoms with E-state index in [2.05, 4.69) is 28.5 Å². The molecule has 0 aliphatic rings. The van der Waals surface area contributed by atoms with E-state index in [1.54, 1.807) is 0 Å². The van der Waals surface area contributed by atoms with Crippen LogP contribution in [0.2, 0.25) is 0 Å². The van der Waals surface area contributed by atoms with Crippen molar-refractivity contribution in [2.24, 2.45) is 13.0 Å². The number of carbonyl (C=O) groups excluding carboxylic acids is 1. The molecule has 1 heterocycles. The van der Waals surface area contributed by atoms with Gasteiger partial charge < -0.3 is 9.88 Å². The van der Waals surface area contributed by atoms with Gasteiger partial charge in [-0.25, -0.2) is 4.98 Å². The highest BCUT2D eigenvalue weighted by atomic mass is 16.1. The Balaban J connectivity index is 1.98. The predicted molar refractivity (Wildman–Crippen MR) is 72.3 cm³/mol. The first-order chi connectivity index (χ1) is 8.58. The van der Waals surface area contributed by atoms with E-state index >= 15 is 0 Å². The van der Waals surface area contributed by atoms with E-state index in [1.807, 2.05) is 31.8 Å². The summed E-state index contributed by atoms with van der Waals surface area (Å²) >= 11 is 0. The number of imidazole rings is 1. The van der Waals surface area contributed by atoms with Gasteiger partial charge in [-0.2, -0.15) is 0 Å². The van der Waals surface area contributed by atoms with Crippen molar-refractivity contribution in [3.8, 4) is 0 Å². The SMILES string of the molecule is CC(C)C(=O)NCCc1ccc2c(c1)ncn2C. The molecule has 0 radical (unpaired) electrons. The van der Waals surface area contributed by atoms with E-state index in [4.69, 9.17) is 0 Å². The van der Waals surface area contributed by atoms with Crippen molar-refractivity contribution in [1.82, 2.24) is 14.9 Å². The van der Waals surface area contributed by atoms with Gasteiger partial charge in [0.25, 0.3) is 0 Å². The number of aryl methyl sites for hydroxylation is 1. The molecule has 0 aliphatic carbocycles. The number of fused-ring (bicyclic) bond motifs is 1. The number of benzene rings is 1. The molecule has 96 valence electrons. The van der Waals surface area contributed by atoms with Gasteiger partial charge in [0.2, 0.25) is 5.91 Å². The maximum absolute atomic E-state index is 11.4. The van der Waals surface area contributed by atoms with Crippen molar-refractivity contribution in [2.75, 3.05) is 6.54 Å². The molecule has 4 heteroatoms. The average molecular weight is 245 g/mol. The Morgan fingerprint density at radius 2 is 2.22 bits per heavy atom.